The Balaban J connectivity index is 4.10. The number of carbonyl (C=O) groups is 2. The van der Waals surface area contributed by atoms with Crippen LogP contribution in [0.4, 0.5) is 0 Å². The molecule has 0 aliphatic heterocycles. The summed E-state index contributed by atoms with van der Waals surface area (Å²) in [6.45, 7) is 7.35. The third kappa shape index (κ3) is 9.28. The number of unbranched alkanes of at least 4 members (excludes halogenated alkanes) is 1. The Morgan fingerprint density at radius 1 is 1.22 bits per heavy atom. The van der Waals surface area contributed by atoms with Crippen molar-refractivity contribution in [2.45, 2.75) is 65.1 Å². The molecule has 4 nitrogen and oxygen atoms in total. The Hall–Kier alpha value is -0.770. The first-order valence-corrected chi connectivity index (χ1v) is 6.79. The molecule has 0 saturated carbocycles. The first-order chi connectivity index (χ1) is 8.28. The van der Waals surface area contributed by atoms with Crippen LogP contribution in [0.1, 0.15) is 53.4 Å². The fraction of sp³-hybridized carbons (Fsp3) is 0.846. The predicted octanol–water partition coefficient (Wildman–Crippen LogP) is 3.06. The van der Waals surface area contributed by atoms with Gasteiger partial charge in [-0.3, -0.25) is 9.59 Å². The van der Waals surface area contributed by atoms with Crippen LogP contribution < -0.4 is 0 Å². The van der Waals surface area contributed by atoms with Crippen molar-refractivity contribution in [2.75, 3.05) is 5.88 Å². The van der Waals surface area contributed by atoms with Crippen molar-refractivity contribution in [1.29, 1.82) is 0 Å². The Bertz CT molecular complexity index is 271. The minimum absolute atomic E-state index is 0.00135. The van der Waals surface area contributed by atoms with Crippen LogP contribution in [0.2, 0.25) is 0 Å². The molecule has 106 valence electrons. The van der Waals surface area contributed by atoms with E-state index in [-0.39, 0.29) is 18.3 Å². The molecular formula is C13H23ClO4. The maximum atomic E-state index is 11.6. The van der Waals surface area contributed by atoms with Gasteiger partial charge < -0.3 is 9.47 Å². The van der Waals surface area contributed by atoms with Crippen molar-refractivity contribution in [3.63, 3.8) is 0 Å². The highest BCUT2D eigenvalue weighted by atomic mass is 35.5. The molecule has 0 aromatic rings. The van der Waals surface area contributed by atoms with Gasteiger partial charge in [-0.25, -0.2) is 0 Å². The number of hydrogen-bond donors (Lipinski definition) is 0. The summed E-state index contributed by atoms with van der Waals surface area (Å²) in [7, 11) is 0. The second-order valence-corrected chi connectivity index (χ2v) is 5.47. The fourth-order valence-corrected chi connectivity index (χ4v) is 1.43. The summed E-state index contributed by atoms with van der Waals surface area (Å²) in [6.07, 6.45) is 1.45. The molecule has 0 aliphatic carbocycles. The van der Waals surface area contributed by atoms with Gasteiger partial charge in [0, 0.05) is 6.42 Å². The summed E-state index contributed by atoms with van der Waals surface area (Å²) < 4.78 is 10.3. The molecule has 0 rings (SSSR count). The van der Waals surface area contributed by atoms with E-state index >= 15 is 0 Å². The molecule has 0 heterocycles. The third-order valence-corrected chi connectivity index (χ3v) is 2.36. The van der Waals surface area contributed by atoms with Crippen LogP contribution in [0.3, 0.4) is 0 Å². The van der Waals surface area contributed by atoms with Gasteiger partial charge in [-0.1, -0.05) is 13.3 Å². The molecule has 1 atom stereocenters. The normalized spacial score (nSPS) is 12.9. The van der Waals surface area contributed by atoms with Gasteiger partial charge >= 0.3 is 11.9 Å². The smallest absolute Gasteiger partial charge is 0.310 e. The van der Waals surface area contributed by atoms with Gasteiger partial charge in [-0.05, 0) is 27.2 Å². The van der Waals surface area contributed by atoms with Gasteiger partial charge in [-0.15, -0.1) is 11.6 Å². The molecular weight excluding hydrogens is 256 g/mol. The number of ether oxygens (including phenoxy) is 2. The first-order valence-electron chi connectivity index (χ1n) is 6.25. The maximum Gasteiger partial charge on any atom is 0.310 e. The molecule has 0 aliphatic rings. The number of hydrogen-bond acceptors (Lipinski definition) is 4. The molecule has 0 aromatic carbocycles. The van der Waals surface area contributed by atoms with Gasteiger partial charge in [0.15, 0.2) is 0 Å². The zero-order valence-corrected chi connectivity index (χ0v) is 12.4. The molecule has 1 unspecified atom stereocenters. The standard InChI is InChI=1S/C13H23ClO4/c1-5-6-7-11(15)17-10(9-14)8-12(16)18-13(2,3)4/h10H,5-9H2,1-4H3. The largest absolute Gasteiger partial charge is 0.460 e. The minimum atomic E-state index is -0.606. The molecule has 18 heavy (non-hydrogen) atoms. The average Bonchev–Trinajstić information content (AvgIpc) is 2.22. The number of rotatable bonds is 7. The second kappa shape index (κ2) is 8.35. The van der Waals surface area contributed by atoms with E-state index in [1.54, 1.807) is 20.8 Å². The Morgan fingerprint density at radius 3 is 2.28 bits per heavy atom. The van der Waals surface area contributed by atoms with Crippen molar-refractivity contribution in [3.8, 4) is 0 Å². The number of halogens is 1. The van der Waals surface area contributed by atoms with Gasteiger partial charge in [0.2, 0.25) is 0 Å². The molecule has 0 saturated heterocycles. The zero-order valence-electron chi connectivity index (χ0n) is 11.6. The summed E-state index contributed by atoms with van der Waals surface area (Å²) in [5, 5.41) is 0. The van der Waals surface area contributed by atoms with E-state index in [9.17, 15) is 9.59 Å². The number of alkyl halides is 1. The molecule has 0 fully saturated rings. The van der Waals surface area contributed by atoms with Crippen LogP contribution in [-0.4, -0.2) is 29.5 Å². The Morgan fingerprint density at radius 2 is 1.83 bits per heavy atom. The van der Waals surface area contributed by atoms with Crippen LogP contribution in [0.5, 0.6) is 0 Å². The molecule has 0 radical (unpaired) electrons. The zero-order chi connectivity index (χ0) is 14.2. The molecule has 0 aromatic heterocycles. The second-order valence-electron chi connectivity index (χ2n) is 5.16. The van der Waals surface area contributed by atoms with Gasteiger partial charge in [-0.2, -0.15) is 0 Å². The van der Waals surface area contributed by atoms with E-state index in [0.717, 1.165) is 12.8 Å². The van der Waals surface area contributed by atoms with Crippen LogP contribution in [0.25, 0.3) is 0 Å². The molecule has 0 spiro atoms. The molecule has 0 amide bonds. The summed E-state index contributed by atoms with van der Waals surface area (Å²) in [5.74, 6) is -0.626. The van der Waals surface area contributed by atoms with Crippen LogP contribution >= 0.6 is 11.6 Å². The number of carbonyl (C=O) groups excluding carboxylic acids is 2. The van der Waals surface area contributed by atoms with Gasteiger partial charge in [0.25, 0.3) is 0 Å². The average molecular weight is 279 g/mol. The van der Waals surface area contributed by atoms with Gasteiger partial charge in [0.05, 0.1) is 12.3 Å². The Labute approximate surface area is 114 Å². The fourth-order valence-electron chi connectivity index (χ4n) is 1.26. The Kier molecular flexibility index (Phi) is 8.00. The first kappa shape index (κ1) is 17.2. The molecule has 0 bridgehead atoms. The van der Waals surface area contributed by atoms with E-state index in [4.69, 9.17) is 21.1 Å². The van der Waals surface area contributed by atoms with Crippen LogP contribution in [-0.2, 0) is 19.1 Å². The minimum Gasteiger partial charge on any atom is -0.460 e. The van der Waals surface area contributed by atoms with E-state index in [1.807, 2.05) is 6.92 Å². The highest BCUT2D eigenvalue weighted by Crippen LogP contribution is 2.12. The topological polar surface area (TPSA) is 52.6 Å². The quantitative estimate of drug-likeness (QED) is 0.530. The lowest BCUT2D eigenvalue weighted by molar-refractivity contribution is -0.160. The highest BCUT2D eigenvalue weighted by molar-refractivity contribution is 6.18. The van der Waals surface area contributed by atoms with E-state index < -0.39 is 17.7 Å². The van der Waals surface area contributed by atoms with Crippen molar-refractivity contribution in [3.05, 3.63) is 0 Å². The highest BCUT2D eigenvalue weighted by Gasteiger charge is 2.22. The van der Waals surface area contributed by atoms with E-state index in [2.05, 4.69) is 0 Å². The summed E-state index contributed by atoms with van der Waals surface area (Å²) >= 11 is 5.68. The lowest BCUT2D eigenvalue weighted by Gasteiger charge is -2.21. The molecule has 5 heteroatoms. The van der Waals surface area contributed by atoms with E-state index in [0.29, 0.717) is 6.42 Å². The van der Waals surface area contributed by atoms with Gasteiger partial charge in [0.1, 0.15) is 11.7 Å². The summed E-state index contributed by atoms with van der Waals surface area (Å²) in [6, 6.07) is 0. The lowest BCUT2D eigenvalue weighted by atomic mass is 10.2. The SMILES string of the molecule is CCCCC(=O)OC(CCl)CC(=O)OC(C)(C)C. The third-order valence-electron chi connectivity index (χ3n) is 2.02. The summed E-state index contributed by atoms with van der Waals surface area (Å²) in [5.41, 5.74) is -0.542. The lowest BCUT2D eigenvalue weighted by Crippen LogP contribution is -2.29. The monoisotopic (exact) mass is 278 g/mol. The van der Waals surface area contributed by atoms with Crippen molar-refractivity contribution in [1.82, 2.24) is 0 Å². The van der Waals surface area contributed by atoms with Crippen molar-refractivity contribution >= 4 is 23.5 Å². The molecule has 0 N–H and O–H groups in total. The van der Waals surface area contributed by atoms with E-state index in [1.165, 1.54) is 0 Å². The van der Waals surface area contributed by atoms with Crippen LogP contribution in [0, 0.1) is 0 Å². The maximum absolute atomic E-state index is 11.6. The van der Waals surface area contributed by atoms with Crippen molar-refractivity contribution in [2.24, 2.45) is 0 Å². The number of esters is 2. The summed E-state index contributed by atoms with van der Waals surface area (Å²) in [4.78, 5) is 23.0. The van der Waals surface area contributed by atoms with Crippen LogP contribution in [0.15, 0.2) is 0 Å². The van der Waals surface area contributed by atoms with Crippen molar-refractivity contribution < 1.29 is 19.1 Å². The predicted molar refractivity (Wildman–Crippen MR) is 70.6 cm³/mol.